The van der Waals surface area contributed by atoms with Crippen molar-refractivity contribution in [3.63, 3.8) is 0 Å². The summed E-state index contributed by atoms with van der Waals surface area (Å²) in [6, 6.07) is 19.7. The highest BCUT2D eigenvalue weighted by molar-refractivity contribution is 7.92. The minimum Gasteiger partial charge on any atom is -0.345 e. The van der Waals surface area contributed by atoms with Gasteiger partial charge in [-0.3, -0.25) is 9.52 Å². The van der Waals surface area contributed by atoms with Gasteiger partial charge in [0.25, 0.3) is 15.6 Å². The predicted octanol–water partition coefficient (Wildman–Crippen LogP) is 5.13. The molecule has 5 aromatic rings. The first-order valence-electron chi connectivity index (χ1n) is 11.3. The van der Waals surface area contributed by atoms with E-state index in [1.807, 2.05) is 24.2 Å². The zero-order chi connectivity index (χ0) is 25.0. The monoisotopic (exact) mass is 500 g/mol. The SMILES string of the molecule is Cn1cc2c3c(c[nH]c(=O)c31)CN(c1ccc(F)cc1)c1ccc(NS(=O)(=O)c3ccccc3)cc1-2. The van der Waals surface area contributed by atoms with Crippen LogP contribution in [0.3, 0.4) is 0 Å². The number of halogens is 1. The van der Waals surface area contributed by atoms with Crippen LogP contribution in [0, 0.1) is 5.82 Å². The molecule has 0 saturated heterocycles. The van der Waals surface area contributed by atoms with Crippen LogP contribution in [-0.4, -0.2) is 18.0 Å². The van der Waals surface area contributed by atoms with Crippen molar-refractivity contribution >= 4 is 38.0 Å². The van der Waals surface area contributed by atoms with Gasteiger partial charge in [0.1, 0.15) is 11.3 Å². The number of sulfonamides is 1. The average Bonchev–Trinajstić information content (AvgIpc) is 3.16. The summed E-state index contributed by atoms with van der Waals surface area (Å²) >= 11 is 0. The maximum Gasteiger partial charge on any atom is 0.272 e. The summed E-state index contributed by atoms with van der Waals surface area (Å²) in [5.41, 5.74) is 4.75. The van der Waals surface area contributed by atoms with Crippen LogP contribution in [0.4, 0.5) is 21.5 Å². The second-order valence-electron chi connectivity index (χ2n) is 8.73. The lowest BCUT2D eigenvalue weighted by Crippen LogP contribution is -2.18. The largest absolute Gasteiger partial charge is 0.345 e. The minimum absolute atomic E-state index is 0.159. The lowest BCUT2D eigenvalue weighted by atomic mass is 10.0. The molecule has 3 heterocycles. The number of aromatic nitrogens is 2. The number of benzene rings is 3. The van der Waals surface area contributed by atoms with Gasteiger partial charge in [0.15, 0.2) is 0 Å². The molecule has 0 atom stereocenters. The number of nitrogens with one attached hydrogen (secondary N) is 2. The summed E-state index contributed by atoms with van der Waals surface area (Å²) in [5.74, 6) is -0.338. The summed E-state index contributed by atoms with van der Waals surface area (Å²) in [4.78, 5) is 17.7. The quantitative estimate of drug-likeness (QED) is 0.358. The Kier molecular flexibility index (Phi) is 4.97. The highest BCUT2D eigenvalue weighted by Crippen LogP contribution is 2.45. The van der Waals surface area contributed by atoms with Gasteiger partial charge in [0.2, 0.25) is 0 Å². The zero-order valence-corrected chi connectivity index (χ0v) is 20.0. The van der Waals surface area contributed by atoms with Crippen molar-refractivity contribution in [1.82, 2.24) is 9.55 Å². The van der Waals surface area contributed by atoms with E-state index in [9.17, 15) is 17.6 Å². The summed E-state index contributed by atoms with van der Waals surface area (Å²) < 4.78 is 44.1. The number of pyridine rings is 1. The molecule has 1 aliphatic rings. The molecule has 2 aromatic heterocycles. The summed E-state index contributed by atoms with van der Waals surface area (Å²) in [7, 11) is -1.99. The van der Waals surface area contributed by atoms with Crippen LogP contribution < -0.4 is 15.2 Å². The molecule has 36 heavy (non-hydrogen) atoms. The Hall–Kier alpha value is -4.37. The van der Waals surface area contributed by atoms with Gasteiger partial charge < -0.3 is 14.5 Å². The van der Waals surface area contributed by atoms with Crippen LogP contribution in [0.5, 0.6) is 0 Å². The molecular formula is C27H21FN4O3S. The zero-order valence-electron chi connectivity index (χ0n) is 19.2. The van der Waals surface area contributed by atoms with Crippen LogP contribution in [0.25, 0.3) is 22.0 Å². The number of anilines is 3. The number of nitrogens with zero attached hydrogens (tertiary/aromatic N) is 2. The number of aromatic amines is 1. The first-order chi connectivity index (χ1) is 17.3. The molecule has 0 unspecified atom stereocenters. The van der Waals surface area contributed by atoms with E-state index in [1.54, 1.807) is 53.2 Å². The number of hydrogen-bond acceptors (Lipinski definition) is 4. The van der Waals surface area contributed by atoms with E-state index in [1.165, 1.54) is 24.3 Å². The normalized spacial score (nSPS) is 12.9. The molecule has 1 aliphatic heterocycles. The average molecular weight is 501 g/mol. The van der Waals surface area contributed by atoms with Gasteiger partial charge in [-0.25, -0.2) is 12.8 Å². The molecule has 0 spiro atoms. The fraction of sp³-hybridized carbons (Fsp3) is 0.0741. The van der Waals surface area contributed by atoms with E-state index in [0.717, 1.165) is 33.5 Å². The van der Waals surface area contributed by atoms with Crippen molar-refractivity contribution in [3.05, 3.63) is 107 Å². The van der Waals surface area contributed by atoms with E-state index < -0.39 is 10.0 Å². The van der Waals surface area contributed by atoms with Crippen molar-refractivity contribution in [2.45, 2.75) is 11.4 Å². The van der Waals surface area contributed by atoms with Crippen molar-refractivity contribution < 1.29 is 12.8 Å². The smallest absolute Gasteiger partial charge is 0.272 e. The number of H-pyrrole nitrogens is 1. The van der Waals surface area contributed by atoms with Crippen molar-refractivity contribution in [2.24, 2.45) is 7.05 Å². The summed E-state index contributed by atoms with van der Waals surface area (Å²) in [6.45, 7) is 0.429. The second-order valence-corrected chi connectivity index (χ2v) is 10.4. The Bertz CT molecular complexity index is 1790. The Labute approximate surface area is 206 Å². The highest BCUT2D eigenvalue weighted by Gasteiger charge is 2.26. The Balaban J connectivity index is 1.56. The lowest BCUT2D eigenvalue weighted by molar-refractivity contribution is 0.601. The molecule has 0 bridgehead atoms. The number of fused-ring (bicyclic) bond motifs is 2. The molecule has 3 aromatic carbocycles. The molecule has 6 rings (SSSR count). The van der Waals surface area contributed by atoms with Gasteiger partial charge >= 0.3 is 0 Å². The minimum atomic E-state index is -3.80. The van der Waals surface area contributed by atoms with E-state index in [2.05, 4.69) is 9.71 Å². The van der Waals surface area contributed by atoms with Crippen LogP contribution in [0.15, 0.2) is 94.9 Å². The summed E-state index contributed by atoms with van der Waals surface area (Å²) in [5, 5.41) is 0.801. The topological polar surface area (TPSA) is 87.2 Å². The second kappa shape index (κ2) is 8.10. The van der Waals surface area contributed by atoms with Crippen molar-refractivity contribution in [2.75, 3.05) is 9.62 Å². The third kappa shape index (κ3) is 3.56. The first-order valence-corrected chi connectivity index (χ1v) is 12.7. The molecule has 0 radical (unpaired) electrons. The number of rotatable bonds is 4. The molecule has 0 fully saturated rings. The van der Waals surface area contributed by atoms with Crippen molar-refractivity contribution in [1.29, 1.82) is 0 Å². The molecule has 9 heteroatoms. The molecule has 0 aliphatic carbocycles. The highest BCUT2D eigenvalue weighted by atomic mass is 32.2. The molecule has 7 nitrogen and oxygen atoms in total. The predicted molar refractivity (Wildman–Crippen MR) is 138 cm³/mol. The maximum absolute atomic E-state index is 13.7. The van der Waals surface area contributed by atoms with E-state index in [0.29, 0.717) is 17.7 Å². The van der Waals surface area contributed by atoms with E-state index >= 15 is 0 Å². The molecule has 0 saturated carbocycles. The number of aryl methyl sites for hydroxylation is 1. The van der Waals surface area contributed by atoms with Gasteiger partial charge in [0.05, 0.1) is 11.4 Å². The molecule has 0 amide bonds. The number of hydrogen-bond donors (Lipinski definition) is 2. The van der Waals surface area contributed by atoms with Gasteiger partial charge in [-0.05, 0) is 60.2 Å². The standard InChI is InChI=1S/C27H21FN4O3S/c1-31-16-23-22-13-19(30-36(34,35)21-5-3-2-4-6-21)9-12-24(22)32(20-10-7-18(28)8-11-20)15-17-14-29-27(33)26(31)25(17)23/h2-14,16,30H,15H2,1H3,(H,29,33). The fourth-order valence-electron chi connectivity index (χ4n) is 4.82. The maximum atomic E-state index is 13.7. The fourth-order valence-corrected chi connectivity index (χ4v) is 5.89. The third-order valence-electron chi connectivity index (χ3n) is 6.45. The van der Waals surface area contributed by atoms with Crippen LogP contribution in [-0.2, 0) is 23.6 Å². The molecule has 180 valence electrons. The first kappa shape index (κ1) is 22.1. The Morgan fingerprint density at radius 2 is 1.72 bits per heavy atom. The van der Waals surface area contributed by atoms with Gasteiger partial charge in [-0.1, -0.05) is 18.2 Å². The molecular weight excluding hydrogens is 479 g/mol. The van der Waals surface area contributed by atoms with E-state index in [4.69, 9.17) is 0 Å². The summed E-state index contributed by atoms with van der Waals surface area (Å²) in [6.07, 6.45) is 3.58. The van der Waals surface area contributed by atoms with Crippen LogP contribution in [0.1, 0.15) is 5.56 Å². The van der Waals surface area contributed by atoms with Gasteiger partial charge in [0, 0.05) is 53.0 Å². The molecule has 2 N–H and O–H groups in total. The van der Waals surface area contributed by atoms with Crippen molar-refractivity contribution in [3.8, 4) is 11.1 Å². The van der Waals surface area contributed by atoms with Crippen LogP contribution >= 0.6 is 0 Å². The van der Waals surface area contributed by atoms with Gasteiger partial charge in [-0.2, -0.15) is 0 Å². The van der Waals surface area contributed by atoms with E-state index in [-0.39, 0.29) is 16.3 Å². The van der Waals surface area contributed by atoms with Gasteiger partial charge in [-0.15, -0.1) is 0 Å². The Morgan fingerprint density at radius 3 is 2.47 bits per heavy atom. The Morgan fingerprint density at radius 1 is 0.972 bits per heavy atom. The lowest BCUT2D eigenvalue weighted by Gasteiger charge is -2.26. The van der Waals surface area contributed by atoms with Crippen LogP contribution in [0.2, 0.25) is 0 Å². The third-order valence-corrected chi connectivity index (χ3v) is 7.84.